The third kappa shape index (κ3) is 3.35. The van der Waals surface area contributed by atoms with Crippen molar-refractivity contribution in [3.63, 3.8) is 0 Å². The molecule has 0 amide bonds. The van der Waals surface area contributed by atoms with Gasteiger partial charge in [-0.3, -0.25) is 10.2 Å². The predicted molar refractivity (Wildman–Crippen MR) is 88.0 cm³/mol. The van der Waals surface area contributed by atoms with Crippen molar-refractivity contribution in [2.24, 2.45) is 5.10 Å². The van der Waals surface area contributed by atoms with Crippen molar-refractivity contribution in [1.82, 2.24) is 4.98 Å². The highest BCUT2D eigenvalue weighted by atomic mass is 32.2. The molecule has 110 valence electrons. The second-order valence-electron chi connectivity index (χ2n) is 4.50. The maximum absolute atomic E-state index is 11.7. The van der Waals surface area contributed by atoms with Gasteiger partial charge in [0.1, 0.15) is 5.52 Å². The Bertz CT molecular complexity index is 795. The Morgan fingerprint density at radius 3 is 2.59 bits per heavy atom. The third-order valence-corrected chi connectivity index (χ3v) is 3.74. The Morgan fingerprint density at radius 1 is 1.14 bits per heavy atom. The van der Waals surface area contributed by atoms with Gasteiger partial charge < -0.3 is 4.42 Å². The molecule has 0 saturated carbocycles. The Kier molecular flexibility index (Phi) is 4.20. The predicted octanol–water partition coefficient (Wildman–Crippen LogP) is 3.93. The molecule has 3 rings (SSSR count). The van der Waals surface area contributed by atoms with E-state index in [2.05, 4.69) is 15.5 Å². The number of hydrazone groups is 1. The van der Waals surface area contributed by atoms with Crippen molar-refractivity contribution < 1.29 is 9.21 Å². The average molecular weight is 311 g/mol. The Labute approximate surface area is 131 Å². The van der Waals surface area contributed by atoms with Crippen LogP contribution in [0.25, 0.3) is 11.1 Å². The van der Waals surface area contributed by atoms with Crippen LogP contribution in [-0.4, -0.2) is 15.8 Å². The first-order valence-electron chi connectivity index (χ1n) is 6.65. The van der Waals surface area contributed by atoms with E-state index in [0.717, 1.165) is 23.0 Å². The molecule has 0 aliphatic heterocycles. The molecule has 0 saturated heterocycles. The molecule has 5 nitrogen and oxygen atoms in total. The summed E-state index contributed by atoms with van der Waals surface area (Å²) in [6, 6.07) is 16.9. The smallest absolute Gasteiger partial charge is 0.263 e. The molecule has 0 spiro atoms. The molecule has 3 aromatic rings. The topological polar surface area (TPSA) is 67.5 Å². The van der Waals surface area contributed by atoms with Gasteiger partial charge in [0.05, 0.1) is 5.69 Å². The van der Waals surface area contributed by atoms with Gasteiger partial charge >= 0.3 is 0 Å². The molecule has 0 aliphatic rings. The van der Waals surface area contributed by atoms with E-state index in [4.69, 9.17) is 4.42 Å². The molecule has 22 heavy (non-hydrogen) atoms. The molecule has 0 fully saturated rings. The molecule has 2 aromatic carbocycles. The van der Waals surface area contributed by atoms with E-state index in [1.54, 1.807) is 0 Å². The average Bonchev–Trinajstić information content (AvgIpc) is 2.94. The number of rotatable bonds is 4. The first kappa shape index (κ1) is 14.3. The standard InChI is InChI=1S/C16H13N3O2S/c1-11(20)15(19-18-12-7-3-2-4-8-12)22-16-17-13-9-5-6-10-14(13)21-16/h2-10,18H,1H3/b19-15+. The van der Waals surface area contributed by atoms with Crippen LogP contribution in [0.1, 0.15) is 6.92 Å². The first-order chi connectivity index (χ1) is 10.7. The number of hydrogen-bond donors (Lipinski definition) is 1. The fourth-order valence-corrected chi connectivity index (χ4v) is 2.45. The number of para-hydroxylation sites is 3. The van der Waals surface area contributed by atoms with Crippen LogP contribution in [0.3, 0.4) is 0 Å². The second-order valence-corrected chi connectivity index (χ2v) is 5.44. The maximum atomic E-state index is 11.7. The zero-order valence-corrected chi connectivity index (χ0v) is 12.6. The normalized spacial score (nSPS) is 11.6. The number of Topliss-reactive ketones (excluding diaryl/α,β-unsaturated/α-hetero) is 1. The monoisotopic (exact) mass is 311 g/mol. The minimum Gasteiger partial charge on any atom is -0.431 e. The minimum atomic E-state index is -0.157. The largest absolute Gasteiger partial charge is 0.431 e. The number of anilines is 1. The highest BCUT2D eigenvalue weighted by Gasteiger charge is 2.14. The summed E-state index contributed by atoms with van der Waals surface area (Å²) < 4.78 is 5.59. The van der Waals surface area contributed by atoms with Gasteiger partial charge in [-0.2, -0.15) is 5.10 Å². The fraction of sp³-hybridized carbons (Fsp3) is 0.0625. The summed E-state index contributed by atoms with van der Waals surface area (Å²) in [7, 11) is 0. The number of ketones is 1. The van der Waals surface area contributed by atoms with E-state index in [0.29, 0.717) is 10.8 Å². The molecule has 0 atom stereocenters. The highest BCUT2D eigenvalue weighted by Crippen LogP contribution is 2.24. The quantitative estimate of drug-likeness (QED) is 0.342. The van der Waals surface area contributed by atoms with Gasteiger partial charge in [-0.25, -0.2) is 4.98 Å². The lowest BCUT2D eigenvalue weighted by atomic mass is 10.3. The Hall–Kier alpha value is -2.60. The van der Waals surface area contributed by atoms with Crippen LogP contribution >= 0.6 is 11.8 Å². The van der Waals surface area contributed by atoms with Gasteiger partial charge in [0, 0.05) is 6.92 Å². The molecular formula is C16H13N3O2S. The number of carbonyl (C=O) groups excluding carboxylic acids is 1. The number of oxazole rings is 1. The molecule has 1 aromatic heterocycles. The zero-order chi connectivity index (χ0) is 15.4. The summed E-state index contributed by atoms with van der Waals surface area (Å²) in [5.41, 5.74) is 5.10. The lowest BCUT2D eigenvalue weighted by molar-refractivity contribution is -0.110. The van der Waals surface area contributed by atoms with Crippen LogP contribution in [0.15, 0.2) is 69.3 Å². The van der Waals surface area contributed by atoms with Crippen LogP contribution in [0.4, 0.5) is 5.69 Å². The molecule has 0 bridgehead atoms. The Balaban J connectivity index is 1.80. The number of nitrogens with zero attached hydrogens (tertiary/aromatic N) is 2. The molecule has 0 radical (unpaired) electrons. The number of carbonyl (C=O) groups is 1. The minimum absolute atomic E-state index is 0.157. The molecule has 6 heteroatoms. The van der Waals surface area contributed by atoms with Crippen molar-refractivity contribution in [3.8, 4) is 0 Å². The van der Waals surface area contributed by atoms with Crippen molar-refractivity contribution in [3.05, 3.63) is 54.6 Å². The van der Waals surface area contributed by atoms with Crippen molar-refractivity contribution in [2.45, 2.75) is 12.1 Å². The van der Waals surface area contributed by atoms with Crippen molar-refractivity contribution >= 4 is 39.4 Å². The summed E-state index contributed by atoms with van der Waals surface area (Å²) in [5, 5.41) is 4.82. The van der Waals surface area contributed by atoms with Crippen LogP contribution in [0, 0.1) is 0 Å². The van der Waals surface area contributed by atoms with Gasteiger partial charge in [0.25, 0.3) is 5.22 Å². The van der Waals surface area contributed by atoms with Gasteiger partial charge in [-0.05, 0) is 36.0 Å². The molecule has 0 aliphatic carbocycles. The van der Waals surface area contributed by atoms with Crippen LogP contribution in [0.2, 0.25) is 0 Å². The number of hydrogen-bond acceptors (Lipinski definition) is 6. The molecule has 1 N–H and O–H groups in total. The number of nitrogens with one attached hydrogen (secondary N) is 1. The van der Waals surface area contributed by atoms with Gasteiger partial charge in [-0.15, -0.1) is 0 Å². The van der Waals surface area contributed by atoms with E-state index in [9.17, 15) is 4.79 Å². The summed E-state index contributed by atoms with van der Waals surface area (Å²) >= 11 is 1.10. The molecule has 0 unspecified atom stereocenters. The number of aromatic nitrogens is 1. The van der Waals surface area contributed by atoms with E-state index in [1.807, 2.05) is 54.6 Å². The third-order valence-electron chi connectivity index (χ3n) is 2.82. The SMILES string of the molecule is CC(=O)/C(=N\Nc1ccccc1)Sc1nc2ccccc2o1. The number of benzene rings is 2. The van der Waals surface area contributed by atoms with Crippen LogP contribution < -0.4 is 5.43 Å². The van der Waals surface area contributed by atoms with E-state index >= 15 is 0 Å². The highest BCUT2D eigenvalue weighted by molar-refractivity contribution is 8.15. The van der Waals surface area contributed by atoms with Gasteiger partial charge in [0.2, 0.25) is 0 Å². The maximum Gasteiger partial charge on any atom is 0.263 e. The fourth-order valence-electron chi connectivity index (χ4n) is 1.78. The first-order valence-corrected chi connectivity index (χ1v) is 7.47. The van der Waals surface area contributed by atoms with Crippen molar-refractivity contribution in [1.29, 1.82) is 0 Å². The molecule has 1 heterocycles. The van der Waals surface area contributed by atoms with Gasteiger partial charge in [0.15, 0.2) is 16.4 Å². The summed E-state index contributed by atoms with van der Waals surface area (Å²) in [5.74, 6) is -0.157. The zero-order valence-electron chi connectivity index (χ0n) is 11.8. The van der Waals surface area contributed by atoms with Crippen LogP contribution in [-0.2, 0) is 4.79 Å². The summed E-state index contributed by atoms with van der Waals surface area (Å²) in [6.45, 7) is 1.46. The molecular weight excluding hydrogens is 298 g/mol. The summed E-state index contributed by atoms with van der Waals surface area (Å²) in [4.78, 5) is 16.0. The van der Waals surface area contributed by atoms with Gasteiger partial charge in [-0.1, -0.05) is 30.3 Å². The number of thioether (sulfide) groups is 1. The van der Waals surface area contributed by atoms with E-state index < -0.39 is 0 Å². The van der Waals surface area contributed by atoms with E-state index in [-0.39, 0.29) is 10.8 Å². The summed E-state index contributed by atoms with van der Waals surface area (Å²) in [6.07, 6.45) is 0. The lowest BCUT2D eigenvalue weighted by Crippen LogP contribution is -2.08. The second kappa shape index (κ2) is 6.44. The number of fused-ring (bicyclic) bond motifs is 1. The van der Waals surface area contributed by atoms with E-state index in [1.165, 1.54) is 6.92 Å². The van der Waals surface area contributed by atoms with Crippen molar-refractivity contribution in [2.75, 3.05) is 5.43 Å². The lowest BCUT2D eigenvalue weighted by Gasteiger charge is -2.02. The Morgan fingerprint density at radius 2 is 1.86 bits per heavy atom. The van der Waals surface area contributed by atoms with Crippen LogP contribution in [0.5, 0.6) is 0 Å².